The SMILES string of the molecule is CC.CC.CC.CCC(=O)NC(C(=O)NCC(=O)NC(CCCN=C(N)N)C(N)=O)C(C)C. The molecule has 0 bridgehead atoms. The van der Waals surface area contributed by atoms with E-state index in [9.17, 15) is 19.2 Å². The van der Waals surface area contributed by atoms with E-state index in [4.69, 9.17) is 17.2 Å². The van der Waals surface area contributed by atoms with Gasteiger partial charge < -0.3 is 33.2 Å². The monoisotopic (exact) mass is 475 g/mol. The molecule has 0 heterocycles. The Bertz CT molecular complexity index is 563. The largest absolute Gasteiger partial charge is 0.370 e. The number of hydrogen-bond acceptors (Lipinski definition) is 5. The first-order valence-corrected chi connectivity index (χ1v) is 11.8. The van der Waals surface area contributed by atoms with Crippen molar-refractivity contribution < 1.29 is 19.2 Å². The number of hydrogen-bond donors (Lipinski definition) is 6. The lowest BCUT2D eigenvalue weighted by molar-refractivity contribution is -0.132. The molecular weight excluding hydrogens is 426 g/mol. The maximum Gasteiger partial charge on any atom is 0.243 e. The van der Waals surface area contributed by atoms with Crippen LogP contribution in [0.4, 0.5) is 0 Å². The van der Waals surface area contributed by atoms with E-state index in [1.165, 1.54) is 0 Å². The molecule has 0 saturated carbocycles. The molecule has 0 fully saturated rings. The van der Waals surface area contributed by atoms with Gasteiger partial charge in [-0.2, -0.15) is 0 Å². The van der Waals surface area contributed by atoms with Gasteiger partial charge in [0.1, 0.15) is 12.1 Å². The zero-order valence-electron chi connectivity index (χ0n) is 22.1. The number of carbonyl (C=O) groups is 4. The van der Waals surface area contributed by atoms with Gasteiger partial charge in [-0.1, -0.05) is 62.3 Å². The second-order valence-corrected chi connectivity index (χ2v) is 6.33. The third-order valence-electron chi connectivity index (χ3n) is 3.63. The van der Waals surface area contributed by atoms with Gasteiger partial charge in [0, 0.05) is 13.0 Å². The Morgan fingerprint density at radius 2 is 1.36 bits per heavy atom. The van der Waals surface area contributed by atoms with E-state index >= 15 is 0 Å². The highest BCUT2D eigenvalue weighted by Gasteiger charge is 2.24. The lowest BCUT2D eigenvalue weighted by Crippen LogP contribution is -2.53. The van der Waals surface area contributed by atoms with Gasteiger partial charge in [-0.25, -0.2) is 0 Å². The van der Waals surface area contributed by atoms with Crippen molar-refractivity contribution in [3.05, 3.63) is 0 Å². The number of primary amides is 1. The van der Waals surface area contributed by atoms with Gasteiger partial charge in [-0.05, 0) is 18.8 Å². The van der Waals surface area contributed by atoms with Gasteiger partial charge in [0.15, 0.2) is 5.96 Å². The summed E-state index contributed by atoms with van der Waals surface area (Å²) in [5.74, 6) is -2.23. The van der Waals surface area contributed by atoms with Crippen LogP contribution in [0.5, 0.6) is 0 Å². The molecule has 0 spiro atoms. The highest BCUT2D eigenvalue weighted by atomic mass is 16.2. The first-order valence-electron chi connectivity index (χ1n) is 11.8. The van der Waals surface area contributed by atoms with Crippen LogP contribution in [-0.2, 0) is 19.2 Å². The summed E-state index contributed by atoms with van der Waals surface area (Å²) in [7, 11) is 0. The molecular formula is C22H49N7O4. The van der Waals surface area contributed by atoms with E-state index in [2.05, 4.69) is 20.9 Å². The van der Waals surface area contributed by atoms with E-state index < -0.39 is 29.8 Å². The number of nitrogens with two attached hydrogens (primary N) is 3. The smallest absolute Gasteiger partial charge is 0.243 e. The van der Waals surface area contributed by atoms with Gasteiger partial charge in [-0.3, -0.25) is 24.2 Å². The van der Waals surface area contributed by atoms with Crippen LogP contribution < -0.4 is 33.2 Å². The second kappa shape index (κ2) is 25.4. The standard InChI is InChI=1S/C16H31N7O4.3C2H6/c1-4-11(24)23-13(9(2)3)15(27)21-8-12(25)22-10(14(17)26)6-5-7-20-16(18)19;3*1-2/h9-10,13H,4-8H2,1-3H3,(H2,17,26)(H,21,27)(H,22,25)(H,23,24)(H4,18,19,20);3*1-2H3. The molecule has 0 aromatic heterocycles. The van der Waals surface area contributed by atoms with Gasteiger partial charge in [-0.15, -0.1) is 0 Å². The number of rotatable bonds is 12. The van der Waals surface area contributed by atoms with Crippen LogP contribution in [0.1, 0.15) is 81.6 Å². The van der Waals surface area contributed by atoms with E-state index in [0.29, 0.717) is 13.0 Å². The minimum absolute atomic E-state index is 0.0627. The average molecular weight is 476 g/mol. The number of amides is 4. The van der Waals surface area contributed by atoms with Crippen LogP contribution in [0.25, 0.3) is 0 Å². The third-order valence-corrected chi connectivity index (χ3v) is 3.63. The van der Waals surface area contributed by atoms with Crippen LogP contribution in [0.2, 0.25) is 0 Å². The maximum atomic E-state index is 12.2. The fourth-order valence-electron chi connectivity index (χ4n) is 2.12. The normalized spacial score (nSPS) is 10.8. The average Bonchev–Trinajstić information content (AvgIpc) is 2.81. The van der Waals surface area contributed by atoms with Crippen molar-refractivity contribution in [2.45, 2.75) is 93.7 Å². The highest BCUT2D eigenvalue weighted by Crippen LogP contribution is 2.02. The van der Waals surface area contributed by atoms with Crippen molar-refractivity contribution >= 4 is 29.6 Å². The second-order valence-electron chi connectivity index (χ2n) is 6.33. The summed E-state index contributed by atoms with van der Waals surface area (Å²) < 4.78 is 0. The molecule has 0 saturated heterocycles. The number of guanidine groups is 1. The summed E-state index contributed by atoms with van der Waals surface area (Å²) in [6.45, 7) is 17.2. The van der Waals surface area contributed by atoms with Crippen molar-refractivity contribution in [2.75, 3.05) is 13.1 Å². The Morgan fingerprint density at radius 1 is 0.848 bits per heavy atom. The molecule has 0 aliphatic heterocycles. The molecule has 9 N–H and O–H groups in total. The van der Waals surface area contributed by atoms with Crippen molar-refractivity contribution in [3.8, 4) is 0 Å². The van der Waals surface area contributed by atoms with Crippen LogP contribution in [0.15, 0.2) is 4.99 Å². The molecule has 0 aliphatic carbocycles. The van der Waals surface area contributed by atoms with Crippen molar-refractivity contribution in [1.82, 2.24) is 16.0 Å². The Hall–Kier alpha value is -2.85. The molecule has 0 aliphatic rings. The molecule has 4 amide bonds. The third kappa shape index (κ3) is 22.1. The van der Waals surface area contributed by atoms with Crippen LogP contribution in [-0.4, -0.2) is 54.8 Å². The topological polar surface area (TPSA) is 195 Å². The zero-order chi connectivity index (χ0) is 27.0. The number of nitrogens with zero attached hydrogens (tertiary/aromatic N) is 1. The molecule has 196 valence electrons. The zero-order valence-corrected chi connectivity index (χ0v) is 22.1. The predicted octanol–water partition coefficient (Wildman–Crippen LogP) is 0.756. The van der Waals surface area contributed by atoms with E-state index in [1.54, 1.807) is 20.8 Å². The van der Waals surface area contributed by atoms with Gasteiger partial charge in [0.05, 0.1) is 6.54 Å². The maximum absolute atomic E-state index is 12.2. The molecule has 2 atom stereocenters. The fourth-order valence-corrected chi connectivity index (χ4v) is 2.12. The number of carbonyl (C=O) groups excluding carboxylic acids is 4. The minimum Gasteiger partial charge on any atom is -0.370 e. The molecule has 11 nitrogen and oxygen atoms in total. The molecule has 11 heteroatoms. The molecule has 0 radical (unpaired) electrons. The summed E-state index contributed by atoms with van der Waals surface area (Å²) in [4.78, 5) is 50.9. The molecule has 0 aromatic carbocycles. The Morgan fingerprint density at radius 3 is 1.76 bits per heavy atom. The van der Waals surface area contributed by atoms with Crippen molar-refractivity contribution in [3.63, 3.8) is 0 Å². The Kier molecular flexibility index (Phi) is 28.8. The summed E-state index contributed by atoms with van der Waals surface area (Å²) in [6, 6.07) is -1.65. The van der Waals surface area contributed by atoms with Crippen LogP contribution >= 0.6 is 0 Å². The molecule has 33 heavy (non-hydrogen) atoms. The summed E-state index contributed by atoms with van der Waals surface area (Å²) in [5.41, 5.74) is 15.7. The summed E-state index contributed by atoms with van der Waals surface area (Å²) in [6.07, 6.45) is 0.945. The molecule has 0 rings (SSSR count). The predicted molar refractivity (Wildman–Crippen MR) is 135 cm³/mol. The van der Waals surface area contributed by atoms with Crippen LogP contribution in [0, 0.1) is 5.92 Å². The quantitative estimate of drug-likeness (QED) is 0.137. The lowest BCUT2D eigenvalue weighted by Gasteiger charge is -2.21. The lowest BCUT2D eigenvalue weighted by atomic mass is 10.0. The first-order chi connectivity index (χ1) is 15.6. The summed E-state index contributed by atoms with van der Waals surface area (Å²) >= 11 is 0. The van der Waals surface area contributed by atoms with E-state index in [0.717, 1.165) is 0 Å². The van der Waals surface area contributed by atoms with Crippen molar-refractivity contribution in [1.29, 1.82) is 0 Å². The van der Waals surface area contributed by atoms with E-state index in [-0.39, 0.29) is 37.2 Å². The minimum atomic E-state index is -0.899. The molecule has 0 aromatic rings. The van der Waals surface area contributed by atoms with Gasteiger partial charge >= 0.3 is 0 Å². The Balaban J connectivity index is -0.000000642. The highest BCUT2D eigenvalue weighted by molar-refractivity contribution is 5.92. The van der Waals surface area contributed by atoms with Crippen LogP contribution in [0.3, 0.4) is 0 Å². The number of nitrogens with one attached hydrogen (secondary N) is 3. The molecule has 2 unspecified atom stereocenters. The van der Waals surface area contributed by atoms with Gasteiger partial charge in [0.25, 0.3) is 0 Å². The number of aliphatic imine (C=N–C) groups is 1. The Labute approximate surface area is 200 Å². The van der Waals surface area contributed by atoms with Crippen molar-refractivity contribution in [2.24, 2.45) is 28.1 Å². The van der Waals surface area contributed by atoms with E-state index in [1.807, 2.05) is 41.5 Å². The first kappa shape index (κ1) is 37.5. The fraction of sp³-hybridized carbons (Fsp3) is 0.773. The summed E-state index contributed by atoms with van der Waals surface area (Å²) in [5, 5.41) is 7.50. The van der Waals surface area contributed by atoms with Gasteiger partial charge in [0.2, 0.25) is 23.6 Å².